The van der Waals surface area contributed by atoms with Crippen molar-refractivity contribution in [1.82, 2.24) is 9.13 Å². The number of hydrogen-bond donors (Lipinski definition) is 0. The molecular weight excluding hydrogens is 1170 g/mol. The van der Waals surface area contributed by atoms with E-state index in [-0.39, 0.29) is 43.6 Å². The molecule has 2 aromatic heterocycles. The van der Waals surface area contributed by atoms with Gasteiger partial charge in [0.05, 0.1) is 44.0 Å². The van der Waals surface area contributed by atoms with Crippen LogP contribution in [0.2, 0.25) is 0 Å². The Morgan fingerprint density at radius 1 is 0.289 bits per heavy atom. The summed E-state index contributed by atoms with van der Waals surface area (Å²) >= 11 is 0. The van der Waals surface area contributed by atoms with E-state index in [9.17, 15) is 16.4 Å². The zero-order valence-corrected chi connectivity index (χ0v) is 51.9. The molecule has 17 aromatic rings. The third-order valence-corrected chi connectivity index (χ3v) is 19.9. The number of para-hydroxylation sites is 4. The molecule has 4 heterocycles. The first-order valence-electron chi connectivity index (χ1n) is 40.5. The van der Waals surface area contributed by atoms with Gasteiger partial charge in [0.2, 0.25) is 0 Å². The van der Waals surface area contributed by atoms with E-state index in [0.29, 0.717) is 29.2 Å². The first kappa shape index (κ1) is 41.3. The van der Waals surface area contributed by atoms with Gasteiger partial charge in [0.1, 0.15) is 0 Å². The van der Waals surface area contributed by atoms with Gasteiger partial charge in [-0.3, -0.25) is 0 Å². The van der Waals surface area contributed by atoms with E-state index in [2.05, 4.69) is 155 Å². The minimum atomic E-state index is -0.738. The van der Waals surface area contributed by atoms with Gasteiger partial charge in [0.25, 0.3) is 6.71 Å². The Morgan fingerprint density at radius 2 is 0.619 bits per heavy atom. The molecule has 0 amide bonds. The maximum absolute atomic E-state index is 9.80. The van der Waals surface area contributed by atoms with Crippen molar-refractivity contribution in [3.8, 4) is 55.9 Å². The second-order valence-corrected chi connectivity index (χ2v) is 25.1. The molecule has 0 saturated carbocycles. The number of hydrogen-bond acceptors (Lipinski definition) is 2. The number of nitrogens with zero attached hydrogens (tertiary/aromatic N) is 4. The van der Waals surface area contributed by atoms with E-state index in [1.54, 1.807) is 9.13 Å². The molecule has 4 nitrogen and oxygen atoms in total. The van der Waals surface area contributed by atoms with Crippen molar-refractivity contribution in [3.05, 3.63) is 379 Å². The monoisotopic (exact) mass is 1250 g/mol. The summed E-state index contributed by atoms with van der Waals surface area (Å²) < 4.78 is 154. The summed E-state index contributed by atoms with van der Waals surface area (Å²) in [7, 11) is 0. The fourth-order valence-corrected chi connectivity index (χ4v) is 15.7. The quantitative estimate of drug-likeness (QED) is 0.134. The minimum Gasteiger partial charge on any atom is -0.311 e. The Bertz CT molecular complexity index is 6330. The predicted octanol–water partition coefficient (Wildman–Crippen LogP) is 21.7. The van der Waals surface area contributed by atoms with Crippen LogP contribution in [-0.4, -0.2) is 15.8 Å². The molecule has 3 aliphatic rings. The third-order valence-electron chi connectivity index (χ3n) is 19.9. The van der Waals surface area contributed by atoms with Crippen molar-refractivity contribution in [2.45, 2.75) is 12.3 Å². The fourth-order valence-electron chi connectivity index (χ4n) is 15.7. The summed E-state index contributed by atoms with van der Waals surface area (Å²) in [4.78, 5) is 4.56. The van der Waals surface area contributed by atoms with Crippen LogP contribution in [0, 0.1) is 0 Å². The maximum atomic E-state index is 9.80. The van der Waals surface area contributed by atoms with Crippen molar-refractivity contribution in [3.63, 3.8) is 0 Å². The Labute approximate surface area is 586 Å². The number of rotatable bonds is 9. The summed E-state index contributed by atoms with van der Waals surface area (Å²) in [5.41, 5.74) is 19.7. The second kappa shape index (κ2) is 22.1. The summed E-state index contributed by atoms with van der Waals surface area (Å²) in [6, 6.07) is 79.0. The smallest absolute Gasteiger partial charge is 0.252 e. The Hall–Kier alpha value is -12.4. The summed E-state index contributed by atoms with van der Waals surface area (Å²) in [6.07, 6.45) is 0.681. The van der Waals surface area contributed by atoms with E-state index < -0.39 is 109 Å². The van der Waals surface area contributed by atoms with Crippen molar-refractivity contribution in [2.75, 3.05) is 9.80 Å². The van der Waals surface area contributed by atoms with Crippen molar-refractivity contribution < 1.29 is 21.9 Å². The van der Waals surface area contributed by atoms with Gasteiger partial charge in [-0.15, -0.1) is 0 Å². The molecule has 0 fully saturated rings. The van der Waals surface area contributed by atoms with E-state index in [1.807, 2.05) is 109 Å². The van der Waals surface area contributed by atoms with Crippen LogP contribution in [0.15, 0.2) is 351 Å². The average molecular weight is 1250 g/mol. The third kappa shape index (κ3) is 8.78. The molecule has 5 heteroatoms. The largest absolute Gasteiger partial charge is 0.311 e. The van der Waals surface area contributed by atoms with Crippen LogP contribution >= 0.6 is 0 Å². The maximum Gasteiger partial charge on any atom is 0.252 e. The number of aromatic nitrogens is 2. The highest BCUT2D eigenvalue weighted by Crippen LogP contribution is 2.52. The lowest BCUT2D eigenvalue weighted by molar-refractivity contribution is 0.885. The van der Waals surface area contributed by atoms with Gasteiger partial charge in [-0.2, -0.15) is 0 Å². The number of fused-ring (bicyclic) bond motifs is 12. The van der Waals surface area contributed by atoms with Gasteiger partial charge in [-0.25, -0.2) is 0 Å². The SMILES string of the molecule is [2H]c1c([2H])c([2H])c2c(c1[2H])c1c([2H])c([2H])c([2H])c([2H])c1n2-c1ccc2c(c1)N(c1cc(-c3ccccc3)cc(-c3ccccc3)c1)c1cc(C3c4ccccc4Cc4ccccc43)cc3c1B2c1ccc(-n2c4c([2H])c([2H])c([2H])c([2H])c4c4c([2H])c([2H])c([2H])c([2H])c42)cc1N3c1cc(-c2ccccc2)cc(-c2ccccc2)c1. The molecule has 0 saturated heterocycles. The summed E-state index contributed by atoms with van der Waals surface area (Å²) in [5, 5.41) is -0.272. The second-order valence-electron chi connectivity index (χ2n) is 25.1. The molecule has 2 aliphatic heterocycles. The van der Waals surface area contributed by atoms with Crippen molar-refractivity contribution >= 4 is 101 Å². The van der Waals surface area contributed by atoms with Crippen LogP contribution in [-0.2, 0) is 6.42 Å². The molecule has 1 aliphatic carbocycles. The molecule has 15 aromatic carbocycles. The Kier molecular flexibility index (Phi) is 9.41. The highest BCUT2D eigenvalue weighted by molar-refractivity contribution is 7.00. The van der Waals surface area contributed by atoms with Crippen molar-refractivity contribution in [2.24, 2.45) is 0 Å². The van der Waals surface area contributed by atoms with Crippen LogP contribution in [0.5, 0.6) is 0 Å². The van der Waals surface area contributed by atoms with E-state index in [4.69, 9.17) is 5.48 Å². The van der Waals surface area contributed by atoms with Gasteiger partial charge in [-0.1, -0.05) is 255 Å². The van der Waals surface area contributed by atoms with Crippen molar-refractivity contribution in [1.29, 1.82) is 0 Å². The van der Waals surface area contributed by atoms with Gasteiger partial charge >= 0.3 is 0 Å². The predicted molar refractivity (Wildman–Crippen MR) is 408 cm³/mol. The molecule has 0 N–H and O–H groups in total. The first-order chi connectivity index (χ1) is 54.8. The van der Waals surface area contributed by atoms with Gasteiger partial charge in [-0.05, 0) is 192 Å². The number of benzene rings is 15. The number of anilines is 6. The lowest BCUT2D eigenvalue weighted by Gasteiger charge is -2.45. The molecule has 20 rings (SSSR count). The normalized spacial score (nSPS) is 15.3. The summed E-state index contributed by atoms with van der Waals surface area (Å²) in [6.45, 7) is -0.738. The molecular formula is C92H61BN4. The van der Waals surface area contributed by atoms with E-state index in [0.717, 1.165) is 111 Å². The highest BCUT2D eigenvalue weighted by atomic mass is 15.2. The molecule has 0 bridgehead atoms. The summed E-state index contributed by atoms with van der Waals surface area (Å²) in [5.74, 6) is -0.404. The van der Waals surface area contributed by atoms with Crippen LogP contribution in [0.1, 0.15) is 55.7 Å². The molecule has 97 heavy (non-hydrogen) atoms. The standard InChI is InChI=1S/C92H61BN4/c1-5-25-60(26-6-1)66-50-67(61-27-7-2-8-28-61)53-73(52-66)96-87-58-71(94-83-41-21-17-37-77(83)78-38-18-22-42-84(78)94)45-47-81(87)93-82-48-46-72(95-85-43-23-19-39-79(85)80-40-20-24-44-86(80)95)59-88(82)97(74-54-68(62-29-9-3-10-30-62)51-69(55-74)63-31-11-4-12-32-63)90-57-70(56-89(96)92(90)93)91-75-35-15-13-33-64(75)49-65-34-14-16-36-76(65)91/h1-48,50-59,91H,49H2/i17D,18D,19D,20D,21D,22D,23D,24D,37D,38D,39D,40D,41D,42D,43D,44D. The average Bonchev–Trinajstić information content (AvgIpc) is 1.69. The van der Waals surface area contributed by atoms with Gasteiger partial charge < -0.3 is 18.9 Å². The van der Waals surface area contributed by atoms with E-state index >= 15 is 0 Å². The van der Waals surface area contributed by atoms with Gasteiger partial charge in [0, 0.05) is 73.0 Å². The lowest BCUT2D eigenvalue weighted by Crippen LogP contribution is -2.61. The fraction of sp³-hybridized carbons (Fsp3) is 0.0217. The molecule has 452 valence electrons. The minimum absolute atomic E-state index is 0.0454. The van der Waals surface area contributed by atoms with E-state index in [1.165, 1.54) is 0 Å². The lowest BCUT2D eigenvalue weighted by atomic mass is 9.33. The Morgan fingerprint density at radius 3 is 0.979 bits per heavy atom. The first-order valence-corrected chi connectivity index (χ1v) is 32.5. The van der Waals surface area contributed by atoms with Crippen LogP contribution < -0.4 is 26.2 Å². The molecule has 0 spiro atoms. The highest BCUT2D eigenvalue weighted by Gasteiger charge is 2.45. The van der Waals surface area contributed by atoms with Crippen LogP contribution in [0.25, 0.3) is 99.5 Å². The van der Waals surface area contributed by atoms with Crippen LogP contribution in [0.4, 0.5) is 34.1 Å². The van der Waals surface area contributed by atoms with Gasteiger partial charge in [0.15, 0.2) is 0 Å². The Balaban J connectivity index is 0.982. The molecule has 0 radical (unpaired) electrons. The topological polar surface area (TPSA) is 16.3 Å². The molecule has 0 unspecified atom stereocenters. The zero-order valence-electron chi connectivity index (χ0n) is 67.9. The zero-order chi connectivity index (χ0) is 77.6. The van der Waals surface area contributed by atoms with Crippen LogP contribution in [0.3, 0.4) is 0 Å². The molecule has 0 atom stereocenters.